The Labute approximate surface area is 129 Å². The molecule has 2 bridgehead atoms. The van der Waals surface area contributed by atoms with Gasteiger partial charge in [0.2, 0.25) is 15.9 Å². The van der Waals surface area contributed by atoms with E-state index < -0.39 is 14.9 Å². The molecule has 1 saturated heterocycles. The van der Waals surface area contributed by atoms with Gasteiger partial charge in [-0.25, -0.2) is 12.7 Å². The van der Waals surface area contributed by atoms with Crippen molar-refractivity contribution in [2.75, 3.05) is 5.75 Å². The van der Waals surface area contributed by atoms with Crippen LogP contribution < -0.4 is 0 Å². The largest absolute Gasteiger partial charge is 0.272 e. The summed E-state index contributed by atoms with van der Waals surface area (Å²) in [6.45, 7) is 6.28. The van der Waals surface area contributed by atoms with Gasteiger partial charge in [0, 0.05) is 5.41 Å². The zero-order chi connectivity index (χ0) is 14.9. The molecule has 1 spiro atoms. The number of carbonyl (C=O) groups excluding carboxylic acids is 1. The second kappa shape index (κ2) is 4.22. The molecule has 2 aliphatic carbocycles. The fraction of sp³-hybridized carbons (Fsp3) is 0.929. The number of alkyl halides is 1. The number of carbonyl (C=O) groups is 1. The van der Waals surface area contributed by atoms with Crippen molar-refractivity contribution in [2.24, 2.45) is 16.7 Å². The molecular formula is C14H22BrNO3S. The Morgan fingerprint density at radius 1 is 1.45 bits per heavy atom. The third-order valence-electron chi connectivity index (χ3n) is 6.25. The molecule has 0 aromatic carbocycles. The average molecular weight is 364 g/mol. The molecule has 1 aliphatic heterocycles. The quantitative estimate of drug-likeness (QED) is 0.708. The molecule has 6 heteroatoms. The molecule has 4 nitrogen and oxygen atoms in total. The third kappa shape index (κ3) is 1.58. The second-order valence-electron chi connectivity index (χ2n) is 7.13. The highest BCUT2D eigenvalue weighted by molar-refractivity contribution is 9.10. The maximum atomic E-state index is 12.6. The van der Waals surface area contributed by atoms with Crippen molar-refractivity contribution in [1.29, 1.82) is 0 Å². The van der Waals surface area contributed by atoms with Crippen LogP contribution in [0.1, 0.15) is 46.5 Å². The van der Waals surface area contributed by atoms with Crippen LogP contribution >= 0.6 is 15.9 Å². The summed E-state index contributed by atoms with van der Waals surface area (Å²) in [5, 5.41) is 0. The summed E-state index contributed by atoms with van der Waals surface area (Å²) in [5.41, 5.74) is -0.194. The van der Waals surface area contributed by atoms with Gasteiger partial charge in [0.1, 0.15) is 0 Å². The number of halogens is 1. The van der Waals surface area contributed by atoms with E-state index >= 15 is 0 Å². The third-order valence-corrected chi connectivity index (χ3v) is 9.21. The number of sulfonamides is 1. The fourth-order valence-electron chi connectivity index (χ4n) is 4.89. The predicted octanol–water partition coefficient (Wildman–Crippen LogP) is 2.53. The van der Waals surface area contributed by atoms with Crippen molar-refractivity contribution in [3.05, 3.63) is 0 Å². The van der Waals surface area contributed by atoms with E-state index in [2.05, 4.69) is 29.8 Å². The lowest BCUT2D eigenvalue weighted by Crippen LogP contribution is -2.46. The minimum absolute atomic E-state index is 0.0216. The van der Waals surface area contributed by atoms with Gasteiger partial charge in [-0.15, -0.1) is 0 Å². The zero-order valence-corrected chi connectivity index (χ0v) is 14.6. The Hall–Kier alpha value is -0.100. The van der Waals surface area contributed by atoms with Crippen LogP contribution in [0.3, 0.4) is 0 Å². The first-order valence-corrected chi connectivity index (χ1v) is 9.90. The Morgan fingerprint density at radius 3 is 2.65 bits per heavy atom. The van der Waals surface area contributed by atoms with Gasteiger partial charge in [0.25, 0.3) is 0 Å². The number of rotatable bonds is 2. The van der Waals surface area contributed by atoms with E-state index in [4.69, 9.17) is 0 Å². The molecule has 0 radical (unpaired) electrons. The molecule has 20 heavy (non-hydrogen) atoms. The molecule has 1 amide bonds. The summed E-state index contributed by atoms with van der Waals surface area (Å²) < 4.78 is 26.4. The second-order valence-corrected chi connectivity index (χ2v) is 10.1. The van der Waals surface area contributed by atoms with Crippen LogP contribution in [0, 0.1) is 16.7 Å². The fourth-order valence-corrected chi connectivity index (χ4v) is 7.82. The highest BCUT2D eigenvalue weighted by atomic mass is 79.9. The first-order valence-electron chi connectivity index (χ1n) is 7.37. The maximum Gasteiger partial charge on any atom is 0.250 e. The maximum absolute atomic E-state index is 12.6. The number of fused-ring (bicyclic) bond motifs is 1. The van der Waals surface area contributed by atoms with E-state index in [9.17, 15) is 13.2 Å². The van der Waals surface area contributed by atoms with Crippen molar-refractivity contribution in [2.45, 2.75) is 57.3 Å². The molecule has 0 unspecified atom stereocenters. The topological polar surface area (TPSA) is 54.5 Å². The van der Waals surface area contributed by atoms with Gasteiger partial charge in [0.05, 0.1) is 16.6 Å². The highest BCUT2D eigenvalue weighted by Crippen LogP contribution is 2.70. The average Bonchev–Trinajstić information content (AvgIpc) is 2.83. The van der Waals surface area contributed by atoms with Crippen LogP contribution in [0.5, 0.6) is 0 Å². The molecule has 3 rings (SSSR count). The zero-order valence-electron chi connectivity index (χ0n) is 12.2. The monoisotopic (exact) mass is 363 g/mol. The first kappa shape index (κ1) is 14.8. The van der Waals surface area contributed by atoms with Crippen molar-refractivity contribution < 1.29 is 13.2 Å². The number of nitrogens with zero attached hydrogens (tertiary/aromatic N) is 1. The molecule has 0 N–H and O–H groups in total. The van der Waals surface area contributed by atoms with Gasteiger partial charge in [0.15, 0.2) is 0 Å². The highest BCUT2D eigenvalue weighted by Gasteiger charge is 2.72. The van der Waals surface area contributed by atoms with Crippen LogP contribution in [0.2, 0.25) is 0 Å². The normalized spacial score (nSPS) is 41.7. The van der Waals surface area contributed by atoms with Gasteiger partial charge in [-0.3, -0.25) is 4.79 Å². The van der Waals surface area contributed by atoms with E-state index in [-0.39, 0.29) is 28.5 Å². The molecule has 0 aromatic rings. The van der Waals surface area contributed by atoms with Crippen LogP contribution in [-0.4, -0.2) is 35.3 Å². The van der Waals surface area contributed by atoms with Crippen LogP contribution in [-0.2, 0) is 14.8 Å². The molecule has 114 valence electrons. The Bertz CT molecular complexity index is 559. The van der Waals surface area contributed by atoms with Crippen molar-refractivity contribution in [3.63, 3.8) is 0 Å². The number of hydrogen-bond donors (Lipinski definition) is 0. The summed E-state index contributed by atoms with van der Waals surface area (Å²) in [4.78, 5) is 12.1. The number of amides is 1. The molecular weight excluding hydrogens is 342 g/mol. The smallest absolute Gasteiger partial charge is 0.250 e. The predicted molar refractivity (Wildman–Crippen MR) is 81.0 cm³/mol. The lowest BCUT2D eigenvalue weighted by atomic mass is 9.69. The van der Waals surface area contributed by atoms with Gasteiger partial charge >= 0.3 is 0 Å². The lowest BCUT2D eigenvalue weighted by Gasteiger charge is -2.37. The molecule has 4 atom stereocenters. The first-order chi connectivity index (χ1) is 9.17. The summed E-state index contributed by atoms with van der Waals surface area (Å²) in [6, 6.07) is -0.111. The minimum atomic E-state index is -3.46. The SMILES string of the molecule is CC[C@H](Br)C(=O)N1[C@@H]2C[C@H]3CC[C@]2(CS1(=O)=O)C3(C)C. The van der Waals surface area contributed by atoms with Gasteiger partial charge in [-0.05, 0) is 37.0 Å². The minimum Gasteiger partial charge on any atom is -0.272 e. The Morgan fingerprint density at radius 2 is 2.10 bits per heavy atom. The molecule has 2 saturated carbocycles. The van der Waals surface area contributed by atoms with Crippen LogP contribution in [0.25, 0.3) is 0 Å². The van der Waals surface area contributed by atoms with Crippen molar-refractivity contribution >= 4 is 31.9 Å². The molecule has 3 fully saturated rings. The van der Waals surface area contributed by atoms with E-state index in [0.29, 0.717) is 12.3 Å². The van der Waals surface area contributed by atoms with E-state index in [1.54, 1.807) is 0 Å². The Balaban J connectivity index is 2.05. The number of hydrogen-bond acceptors (Lipinski definition) is 3. The van der Waals surface area contributed by atoms with Gasteiger partial charge in [-0.1, -0.05) is 36.7 Å². The van der Waals surface area contributed by atoms with Crippen LogP contribution in [0.15, 0.2) is 0 Å². The summed E-state index contributed by atoms with van der Waals surface area (Å²) in [5.74, 6) is 0.440. The van der Waals surface area contributed by atoms with E-state index in [1.807, 2.05) is 6.92 Å². The summed E-state index contributed by atoms with van der Waals surface area (Å²) in [7, 11) is -3.46. The van der Waals surface area contributed by atoms with Crippen molar-refractivity contribution in [1.82, 2.24) is 4.31 Å². The Kier molecular flexibility index (Phi) is 3.12. The van der Waals surface area contributed by atoms with Crippen LogP contribution in [0.4, 0.5) is 0 Å². The van der Waals surface area contributed by atoms with E-state index in [0.717, 1.165) is 19.3 Å². The molecule has 1 heterocycles. The van der Waals surface area contributed by atoms with E-state index in [1.165, 1.54) is 4.31 Å². The van der Waals surface area contributed by atoms with Gasteiger partial charge in [-0.2, -0.15) is 0 Å². The standard InChI is InChI=1S/C14H22BrNO3S/c1-4-10(15)12(17)16-11-7-9-5-6-14(11,13(9,2)3)8-20(16,18)19/h9-11H,4-8H2,1-3H3/t9-,10+,11-,14-/m1/s1. The van der Waals surface area contributed by atoms with Crippen molar-refractivity contribution in [3.8, 4) is 0 Å². The van der Waals surface area contributed by atoms with Gasteiger partial charge < -0.3 is 0 Å². The molecule has 3 aliphatic rings. The summed E-state index contributed by atoms with van der Waals surface area (Å²) in [6.07, 6.45) is 3.50. The lowest BCUT2D eigenvalue weighted by molar-refractivity contribution is -0.128. The summed E-state index contributed by atoms with van der Waals surface area (Å²) >= 11 is 3.32. The molecule has 0 aromatic heterocycles.